The van der Waals surface area contributed by atoms with Gasteiger partial charge in [-0.2, -0.15) is 0 Å². The highest BCUT2D eigenvalue weighted by Gasteiger charge is 2.13. The fourth-order valence-electron chi connectivity index (χ4n) is 1.94. The van der Waals surface area contributed by atoms with Crippen LogP contribution in [0.3, 0.4) is 0 Å². The van der Waals surface area contributed by atoms with Crippen LogP contribution in [-0.4, -0.2) is 36.1 Å². The fourth-order valence-corrected chi connectivity index (χ4v) is 1.94. The molecule has 0 atom stereocenters. The van der Waals surface area contributed by atoms with Crippen molar-refractivity contribution in [1.82, 2.24) is 4.90 Å². The second-order valence-corrected chi connectivity index (χ2v) is 4.69. The number of amides is 1. The maximum absolute atomic E-state index is 12.3. The van der Waals surface area contributed by atoms with Crippen molar-refractivity contribution in [1.29, 1.82) is 0 Å². The normalized spacial score (nSPS) is 10.3. The van der Waals surface area contributed by atoms with Crippen LogP contribution < -0.4 is 11.3 Å². The molecule has 0 heterocycles. The van der Waals surface area contributed by atoms with E-state index in [2.05, 4.69) is 5.43 Å². The van der Waals surface area contributed by atoms with Gasteiger partial charge < -0.3 is 15.4 Å². The van der Waals surface area contributed by atoms with E-state index in [0.717, 1.165) is 30.5 Å². The molecule has 0 radical (unpaired) electrons. The monoisotopic (exact) mass is 265 g/mol. The highest BCUT2D eigenvalue weighted by atomic mass is 16.2. The molecule has 1 aromatic rings. The zero-order valence-electron chi connectivity index (χ0n) is 11.6. The molecule has 1 amide bonds. The van der Waals surface area contributed by atoms with E-state index in [9.17, 15) is 4.79 Å². The second kappa shape index (κ2) is 7.76. The van der Waals surface area contributed by atoms with E-state index in [1.165, 1.54) is 0 Å². The van der Waals surface area contributed by atoms with Crippen LogP contribution in [0.15, 0.2) is 18.2 Å². The predicted molar refractivity (Wildman–Crippen MR) is 76.9 cm³/mol. The molecule has 0 saturated heterocycles. The van der Waals surface area contributed by atoms with E-state index in [-0.39, 0.29) is 12.5 Å². The van der Waals surface area contributed by atoms with Crippen LogP contribution in [0.25, 0.3) is 0 Å². The lowest BCUT2D eigenvalue weighted by atomic mass is 10.1. The standard InChI is InChI=1S/C14H23N3O2/c1-11-10-12(16-15)6-7-13(11)14(19)17(2)8-4-3-5-9-18/h6-7,10,16,18H,3-5,8-9,15H2,1-2H3. The number of rotatable bonds is 7. The quantitative estimate of drug-likeness (QED) is 0.397. The molecule has 19 heavy (non-hydrogen) atoms. The van der Waals surface area contributed by atoms with Gasteiger partial charge in [-0.1, -0.05) is 0 Å². The Morgan fingerprint density at radius 2 is 2.11 bits per heavy atom. The number of nitrogens with one attached hydrogen (secondary N) is 1. The Kier molecular flexibility index (Phi) is 6.32. The average molecular weight is 265 g/mol. The van der Waals surface area contributed by atoms with Crippen molar-refractivity contribution in [3.63, 3.8) is 0 Å². The average Bonchev–Trinajstić information content (AvgIpc) is 2.42. The minimum atomic E-state index is 0.0186. The van der Waals surface area contributed by atoms with Crippen LogP contribution in [0.5, 0.6) is 0 Å². The Bertz CT molecular complexity index is 421. The van der Waals surface area contributed by atoms with Gasteiger partial charge in [0.25, 0.3) is 5.91 Å². The van der Waals surface area contributed by atoms with Gasteiger partial charge in [-0.15, -0.1) is 0 Å². The molecule has 0 spiro atoms. The van der Waals surface area contributed by atoms with Crippen molar-refractivity contribution >= 4 is 11.6 Å². The maximum atomic E-state index is 12.3. The van der Waals surface area contributed by atoms with Gasteiger partial charge in [0.05, 0.1) is 0 Å². The third kappa shape index (κ3) is 4.54. The first-order valence-electron chi connectivity index (χ1n) is 6.53. The summed E-state index contributed by atoms with van der Waals surface area (Å²) in [4.78, 5) is 14.0. The molecule has 1 aromatic carbocycles. The first-order chi connectivity index (χ1) is 9.10. The molecule has 1 rings (SSSR count). The minimum absolute atomic E-state index is 0.0186. The first-order valence-corrected chi connectivity index (χ1v) is 6.53. The van der Waals surface area contributed by atoms with Crippen molar-refractivity contribution in [2.45, 2.75) is 26.2 Å². The summed E-state index contributed by atoms with van der Waals surface area (Å²) >= 11 is 0. The van der Waals surface area contributed by atoms with E-state index in [0.29, 0.717) is 12.1 Å². The topological polar surface area (TPSA) is 78.6 Å². The Hall–Kier alpha value is -1.59. The Morgan fingerprint density at radius 1 is 1.37 bits per heavy atom. The second-order valence-electron chi connectivity index (χ2n) is 4.69. The number of carbonyl (C=O) groups is 1. The molecule has 5 nitrogen and oxygen atoms in total. The lowest BCUT2D eigenvalue weighted by Crippen LogP contribution is -2.28. The molecule has 4 N–H and O–H groups in total. The SMILES string of the molecule is Cc1cc(NN)ccc1C(=O)N(C)CCCCCO. The van der Waals surface area contributed by atoms with Crippen molar-refractivity contribution in [2.75, 3.05) is 25.6 Å². The number of aliphatic hydroxyl groups excluding tert-OH is 1. The van der Waals surface area contributed by atoms with E-state index >= 15 is 0 Å². The number of anilines is 1. The number of unbranched alkanes of at least 4 members (excludes halogenated alkanes) is 2. The van der Waals surface area contributed by atoms with Crippen LogP contribution in [0.4, 0.5) is 5.69 Å². The lowest BCUT2D eigenvalue weighted by molar-refractivity contribution is 0.0791. The Balaban J connectivity index is 2.61. The molecular formula is C14H23N3O2. The fraction of sp³-hybridized carbons (Fsp3) is 0.500. The van der Waals surface area contributed by atoms with Crippen LogP contribution >= 0.6 is 0 Å². The Labute approximate surface area is 114 Å². The number of aliphatic hydroxyl groups is 1. The third-order valence-corrected chi connectivity index (χ3v) is 3.12. The number of hydrogen-bond donors (Lipinski definition) is 3. The van der Waals surface area contributed by atoms with Crippen molar-refractivity contribution in [2.24, 2.45) is 5.84 Å². The summed E-state index contributed by atoms with van der Waals surface area (Å²) in [6, 6.07) is 5.43. The van der Waals surface area contributed by atoms with Gasteiger partial charge in [0, 0.05) is 31.5 Å². The molecule has 0 aromatic heterocycles. The van der Waals surface area contributed by atoms with Crippen molar-refractivity contribution in [3.8, 4) is 0 Å². The number of nitrogens with zero attached hydrogens (tertiary/aromatic N) is 1. The number of hydrazine groups is 1. The van der Waals surface area contributed by atoms with Crippen LogP contribution in [-0.2, 0) is 0 Å². The smallest absolute Gasteiger partial charge is 0.253 e. The van der Waals surface area contributed by atoms with Gasteiger partial charge in [0.2, 0.25) is 0 Å². The highest BCUT2D eigenvalue weighted by Crippen LogP contribution is 2.16. The van der Waals surface area contributed by atoms with Crippen LogP contribution in [0.1, 0.15) is 35.2 Å². The summed E-state index contributed by atoms with van der Waals surface area (Å²) in [5, 5.41) is 8.71. The molecule has 5 heteroatoms. The van der Waals surface area contributed by atoms with Gasteiger partial charge in [-0.05, 0) is 49.9 Å². The third-order valence-electron chi connectivity index (χ3n) is 3.12. The lowest BCUT2D eigenvalue weighted by Gasteiger charge is -2.18. The number of hydrogen-bond acceptors (Lipinski definition) is 4. The van der Waals surface area contributed by atoms with Gasteiger partial charge in [0.15, 0.2) is 0 Å². The van der Waals surface area contributed by atoms with Gasteiger partial charge >= 0.3 is 0 Å². The summed E-state index contributed by atoms with van der Waals surface area (Å²) in [5.41, 5.74) is 4.96. The zero-order chi connectivity index (χ0) is 14.3. The van der Waals surface area contributed by atoms with Crippen molar-refractivity contribution < 1.29 is 9.90 Å². The summed E-state index contributed by atoms with van der Waals surface area (Å²) in [6.07, 6.45) is 2.63. The number of carbonyl (C=O) groups excluding carboxylic acids is 1. The molecule has 0 aliphatic carbocycles. The van der Waals surface area contributed by atoms with E-state index < -0.39 is 0 Å². The number of nitrogen functional groups attached to an aromatic ring is 1. The first kappa shape index (κ1) is 15.5. The minimum Gasteiger partial charge on any atom is -0.396 e. The van der Waals surface area contributed by atoms with Gasteiger partial charge in [-0.3, -0.25) is 10.6 Å². The molecule has 0 aliphatic rings. The van der Waals surface area contributed by atoms with Crippen molar-refractivity contribution in [3.05, 3.63) is 29.3 Å². The maximum Gasteiger partial charge on any atom is 0.253 e. The van der Waals surface area contributed by atoms with E-state index in [1.54, 1.807) is 24.1 Å². The molecule has 0 bridgehead atoms. The Morgan fingerprint density at radius 3 is 2.68 bits per heavy atom. The number of benzene rings is 1. The molecule has 0 fully saturated rings. The molecule has 0 unspecified atom stereocenters. The molecule has 106 valence electrons. The molecular weight excluding hydrogens is 242 g/mol. The molecule has 0 saturated carbocycles. The summed E-state index contributed by atoms with van der Waals surface area (Å²) in [5.74, 6) is 5.35. The van der Waals surface area contributed by atoms with Crippen LogP contribution in [0.2, 0.25) is 0 Å². The summed E-state index contributed by atoms with van der Waals surface area (Å²) < 4.78 is 0. The zero-order valence-corrected chi connectivity index (χ0v) is 11.6. The van der Waals surface area contributed by atoms with Gasteiger partial charge in [0.1, 0.15) is 0 Å². The summed E-state index contributed by atoms with van der Waals surface area (Å²) in [7, 11) is 1.80. The largest absolute Gasteiger partial charge is 0.396 e. The van der Waals surface area contributed by atoms with Gasteiger partial charge in [-0.25, -0.2) is 0 Å². The molecule has 0 aliphatic heterocycles. The summed E-state index contributed by atoms with van der Waals surface area (Å²) in [6.45, 7) is 2.81. The number of aryl methyl sites for hydroxylation is 1. The van der Waals surface area contributed by atoms with E-state index in [4.69, 9.17) is 10.9 Å². The van der Waals surface area contributed by atoms with E-state index in [1.807, 2.05) is 13.0 Å². The highest BCUT2D eigenvalue weighted by molar-refractivity contribution is 5.95. The predicted octanol–water partition coefficient (Wildman–Crippen LogP) is 1.52. The number of nitrogens with two attached hydrogens (primary N) is 1. The van der Waals surface area contributed by atoms with Crippen LogP contribution in [0, 0.1) is 6.92 Å².